The maximum atomic E-state index is 11.6. The number of amides is 2. The average Bonchev–Trinajstić information content (AvgIpc) is 2.63. The van der Waals surface area contributed by atoms with E-state index in [0.29, 0.717) is 11.7 Å². The Kier molecular flexibility index (Phi) is 4.30. The predicted octanol–water partition coefficient (Wildman–Crippen LogP) is 0.906. The van der Waals surface area contributed by atoms with Crippen molar-refractivity contribution in [2.75, 3.05) is 7.05 Å². The third kappa shape index (κ3) is 3.22. The molecule has 1 aromatic heterocycles. The third-order valence-corrected chi connectivity index (χ3v) is 2.72. The molecule has 0 aromatic carbocycles. The summed E-state index contributed by atoms with van der Waals surface area (Å²) in [7, 11) is 1.42. The Balaban J connectivity index is 2.53. The number of nitrogens with one attached hydrogen (secondary N) is 1. The van der Waals surface area contributed by atoms with Gasteiger partial charge in [0.25, 0.3) is 0 Å². The van der Waals surface area contributed by atoms with Crippen molar-refractivity contribution in [3.8, 4) is 0 Å². The zero-order valence-electron chi connectivity index (χ0n) is 10.9. The van der Waals surface area contributed by atoms with Gasteiger partial charge in [-0.1, -0.05) is 0 Å². The molecule has 0 saturated carbocycles. The number of carbonyl (C=O) groups excluding carboxylic acids is 1. The van der Waals surface area contributed by atoms with Crippen LogP contribution in [0.15, 0.2) is 4.42 Å². The van der Waals surface area contributed by atoms with Gasteiger partial charge in [0, 0.05) is 7.05 Å². The lowest BCUT2D eigenvalue weighted by molar-refractivity contribution is -0.141. The van der Waals surface area contributed by atoms with E-state index in [1.165, 1.54) is 14.0 Å². The van der Waals surface area contributed by atoms with Crippen LogP contribution in [0.2, 0.25) is 0 Å². The van der Waals surface area contributed by atoms with E-state index in [9.17, 15) is 9.59 Å². The van der Waals surface area contributed by atoms with Gasteiger partial charge in [-0.05, 0) is 20.8 Å². The average molecular weight is 255 g/mol. The van der Waals surface area contributed by atoms with Crippen molar-refractivity contribution in [3.63, 3.8) is 0 Å². The fourth-order valence-electron chi connectivity index (χ4n) is 1.23. The van der Waals surface area contributed by atoms with Gasteiger partial charge >= 0.3 is 12.0 Å². The highest BCUT2D eigenvalue weighted by Crippen LogP contribution is 2.08. The molecule has 1 rings (SSSR count). The summed E-state index contributed by atoms with van der Waals surface area (Å²) < 4.78 is 5.29. The molecule has 1 aromatic rings. The maximum absolute atomic E-state index is 11.6. The van der Waals surface area contributed by atoms with Gasteiger partial charge in [0.2, 0.25) is 5.89 Å². The smallest absolute Gasteiger partial charge is 0.326 e. The lowest BCUT2D eigenvalue weighted by Gasteiger charge is -2.21. The topological polar surface area (TPSA) is 95.7 Å². The van der Waals surface area contributed by atoms with Gasteiger partial charge in [-0.25, -0.2) is 14.6 Å². The lowest BCUT2D eigenvalue weighted by atomic mass is 10.3. The van der Waals surface area contributed by atoms with E-state index in [1.807, 2.05) is 6.92 Å². The van der Waals surface area contributed by atoms with Crippen LogP contribution in [0, 0.1) is 13.8 Å². The van der Waals surface area contributed by atoms with Crippen LogP contribution in [0.4, 0.5) is 4.79 Å². The van der Waals surface area contributed by atoms with Crippen LogP contribution in [0.1, 0.15) is 24.3 Å². The molecule has 2 amide bonds. The zero-order valence-corrected chi connectivity index (χ0v) is 10.9. The van der Waals surface area contributed by atoms with Crippen molar-refractivity contribution in [1.82, 2.24) is 15.2 Å². The highest BCUT2D eigenvalue weighted by atomic mass is 16.4. The van der Waals surface area contributed by atoms with Crippen LogP contribution in [0.25, 0.3) is 0 Å². The van der Waals surface area contributed by atoms with Gasteiger partial charge in [-0.15, -0.1) is 0 Å². The first kappa shape index (κ1) is 14.0. The molecule has 0 aliphatic rings. The number of carbonyl (C=O) groups is 2. The molecule has 2 N–H and O–H groups in total. The third-order valence-electron chi connectivity index (χ3n) is 2.72. The van der Waals surface area contributed by atoms with Crippen molar-refractivity contribution in [2.45, 2.75) is 33.4 Å². The summed E-state index contributed by atoms with van der Waals surface area (Å²) in [5.74, 6) is 0.0386. The Hall–Kier alpha value is -2.05. The summed E-state index contributed by atoms with van der Waals surface area (Å²) >= 11 is 0. The molecule has 0 saturated heterocycles. The summed E-state index contributed by atoms with van der Waals surface area (Å²) in [6, 6.07) is -1.38. The number of rotatable bonds is 4. The fourth-order valence-corrected chi connectivity index (χ4v) is 1.23. The molecule has 0 aliphatic heterocycles. The van der Waals surface area contributed by atoms with Gasteiger partial charge in [0.05, 0.1) is 12.2 Å². The molecular weight excluding hydrogens is 238 g/mol. The molecule has 18 heavy (non-hydrogen) atoms. The summed E-state index contributed by atoms with van der Waals surface area (Å²) in [6.45, 7) is 5.15. The molecule has 0 radical (unpaired) electrons. The lowest BCUT2D eigenvalue weighted by Crippen LogP contribution is -2.45. The molecule has 0 spiro atoms. The second-order valence-corrected chi connectivity index (χ2v) is 4.03. The monoisotopic (exact) mass is 255 g/mol. The zero-order chi connectivity index (χ0) is 13.9. The van der Waals surface area contributed by atoms with Gasteiger partial charge in [-0.2, -0.15) is 0 Å². The minimum atomic E-state index is -1.06. The van der Waals surface area contributed by atoms with E-state index in [2.05, 4.69) is 10.3 Å². The van der Waals surface area contributed by atoms with Crippen molar-refractivity contribution in [1.29, 1.82) is 0 Å². The van der Waals surface area contributed by atoms with Crippen LogP contribution in [0.5, 0.6) is 0 Å². The molecule has 100 valence electrons. The Morgan fingerprint density at radius 2 is 2.11 bits per heavy atom. The number of nitrogens with zero attached hydrogens (tertiary/aromatic N) is 2. The number of carboxylic acids is 1. The molecule has 1 heterocycles. The minimum Gasteiger partial charge on any atom is -0.480 e. The van der Waals surface area contributed by atoms with E-state index in [1.54, 1.807) is 6.92 Å². The first-order valence-electron chi connectivity index (χ1n) is 5.49. The molecule has 1 atom stereocenters. The highest BCUT2D eigenvalue weighted by molar-refractivity contribution is 5.81. The molecule has 0 aliphatic carbocycles. The van der Waals surface area contributed by atoms with Crippen LogP contribution in [-0.4, -0.2) is 40.1 Å². The standard InChI is InChI=1S/C11H17N3O4/c1-6-8(3)18-9(13-6)5-12-11(17)14(4)7(2)10(15)16/h7H,5H2,1-4H3,(H,12,17)(H,15,16). The Morgan fingerprint density at radius 3 is 2.56 bits per heavy atom. The molecule has 7 heteroatoms. The van der Waals surface area contributed by atoms with Crippen LogP contribution in [-0.2, 0) is 11.3 Å². The van der Waals surface area contributed by atoms with Crippen LogP contribution < -0.4 is 5.32 Å². The maximum Gasteiger partial charge on any atom is 0.326 e. The van der Waals surface area contributed by atoms with Crippen LogP contribution in [0.3, 0.4) is 0 Å². The van der Waals surface area contributed by atoms with Gasteiger partial charge in [0.15, 0.2) is 0 Å². The minimum absolute atomic E-state index is 0.129. The molecule has 0 bridgehead atoms. The van der Waals surface area contributed by atoms with Gasteiger partial charge in [-0.3, -0.25) is 0 Å². The van der Waals surface area contributed by atoms with Crippen molar-refractivity contribution in [3.05, 3.63) is 17.3 Å². The molecular formula is C11H17N3O4. The highest BCUT2D eigenvalue weighted by Gasteiger charge is 2.21. The fraction of sp³-hybridized carbons (Fsp3) is 0.545. The molecule has 1 unspecified atom stereocenters. The number of oxazole rings is 1. The number of carboxylic acid groups (broad SMARTS) is 1. The summed E-state index contributed by atoms with van der Waals surface area (Å²) in [5.41, 5.74) is 0.770. The van der Waals surface area contributed by atoms with E-state index in [4.69, 9.17) is 9.52 Å². The normalized spacial score (nSPS) is 12.0. The van der Waals surface area contributed by atoms with E-state index >= 15 is 0 Å². The predicted molar refractivity (Wildman–Crippen MR) is 63.1 cm³/mol. The number of aryl methyl sites for hydroxylation is 2. The van der Waals surface area contributed by atoms with Gasteiger partial charge < -0.3 is 19.7 Å². The van der Waals surface area contributed by atoms with E-state index in [0.717, 1.165) is 10.6 Å². The summed E-state index contributed by atoms with van der Waals surface area (Å²) in [5, 5.41) is 11.3. The van der Waals surface area contributed by atoms with E-state index in [-0.39, 0.29) is 6.54 Å². The largest absolute Gasteiger partial charge is 0.480 e. The second-order valence-electron chi connectivity index (χ2n) is 4.03. The SMILES string of the molecule is Cc1nc(CNC(=O)N(C)C(C)C(=O)O)oc1C. The van der Waals surface area contributed by atoms with Crippen LogP contribution >= 0.6 is 0 Å². The van der Waals surface area contributed by atoms with Gasteiger partial charge in [0.1, 0.15) is 11.8 Å². The second kappa shape index (κ2) is 5.52. The summed E-state index contributed by atoms with van der Waals surface area (Å²) in [4.78, 5) is 27.6. The number of aliphatic carboxylic acids is 1. The van der Waals surface area contributed by atoms with Crippen molar-refractivity contribution >= 4 is 12.0 Å². The quantitative estimate of drug-likeness (QED) is 0.833. The van der Waals surface area contributed by atoms with E-state index < -0.39 is 18.0 Å². The first-order chi connectivity index (χ1) is 8.32. The molecule has 7 nitrogen and oxygen atoms in total. The Labute approximate surface area is 105 Å². The summed E-state index contributed by atoms with van der Waals surface area (Å²) in [6.07, 6.45) is 0. The number of hydrogen-bond acceptors (Lipinski definition) is 4. The number of aromatic nitrogens is 1. The Bertz CT molecular complexity index is 436. The molecule has 0 fully saturated rings. The number of urea groups is 1. The number of hydrogen-bond donors (Lipinski definition) is 2. The number of likely N-dealkylation sites (N-methyl/N-ethyl adjacent to an activating group) is 1. The van der Waals surface area contributed by atoms with Crippen molar-refractivity contribution in [2.24, 2.45) is 0 Å². The van der Waals surface area contributed by atoms with Crippen molar-refractivity contribution < 1.29 is 19.1 Å². The Morgan fingerprint density at radius 1 is 1.50 bits per heavy atom. The first-order valence-corrected chi connectivity index (χ1v) is 5.49.